The molecule has 0 saturated heterocycles. The molecule has 2 aromatic carbocycles. The van der Waals surface area contributed by atoms with Crippen molar-refractivity contribution in [1.29, 1.82) is 0 Å². The van der Waals surface area contributed by atoms with Crippen LogP contribution in [0.25, 0.3) is 22.2 Å². The summed E-state index contributed by atoms with van der Waals surface area (Å²) in [6, 6.07) is 17.2. The maximum absolute atomic E-state index is 12.5. The van der Waals surface area contributed by atoms with Crippen LogP contribution in [0.2, 0.25) is 0 Å². The minimum atomic E-state index is -0.207. The number of benzene rings is 2. The van der Waals surface area contributed by atoms with Gasteiger partial charge in [0.25, 0.3) is 5.56 Å². The molecular formula is C22H19N3O3. The third kappa shape index (κ3) is 3.44. The number of rotatable bonds is 5. The first-order valence-electron chi connectivity index (χ1n) is 8.83. The Kier molecular flexibility index (Phi) is 4.76. The van der Waals surface area contributed by atoms with Crippen LogP contribution >= 0.6 is 0 Å². The zero-order valence-electron chi connectivity index (χ0n) is 15.6. The van der Waals surface area contributed by atoms with Gasteiger partial charge in [-0.05, 0) is 29.8 Å². The Hall–Kier alpha value is -3.67. The quantitative estimate of drug-likeness (QED) is 0.578. The summed E-state index contributed by atoms with van der Waals surface area (Å²) < 4.78 is 10.6. The van der Waals surface area contributed by atoms with E-state index in [0.29, 0.717) is 34.6 Å². The van der Waals surface area contributed by atoms with E-state index < -0.39 is 0 Å². The lowest BCUT2D eigenvalue weighted by atomic mass is 10.0. The molecule has 6 nitrogen and oxygen atoms in total. The molecule has 6 heteroatoms. The molecule has 0 aliphatic heterocycles. The number of ether oxygens (including phenoxy) is 2. The van der Waals surface area contributed by atoms with Crippen LogP contribution < -0.4 is 15.0 Å². The van der Waals surface area contributed by atoms with E-state index in [1.54, 1.807) is 25.4 Å². The number of pyridine rings is 1. The molecule has 0 aliphatic carbocycles. The number of nitrogens with zero attached hydrogens (tertiary/aromatic N) is 2. The summed E-state index contributed by atoms with van der Waals surface area (Å²) in [5.41, 5.74) is 3.32. The molecule has 2 aromatic heterocycles. The fourth-order valence-corrected chi connectivity index (χ4v) is 3.17. The number of aromatic nitrogens is 3. The maximum atomic E-state index is 12.5. The highest BCUT2D eigenvalue weighted by Crippen LogP contribution is 2.30. The van der Waals surface area contributed by atoms with Gasteiger partial charge in [0.2, 0.25) is 0 Å². The van der Waals surface area contributed by atoms with Gasteiger partial charge in [0.05, 0.1) is 30.8 Å². The van der Waals surface area contributed by atoms with Crippen molar-refractivity contribution in [2.24, 2.45) is 0 Å². The first kappa shape index (κ1) is 17.7. The molecule has 0 atom stereocenters. The van der Waals surface area contributed by atoms with E-state index in [9.17, 15) is 4.79 Å². The highest BCUT2D eigenvalue weighted by atomic mass is 16.5. The van der Waals surface area contributed by atoms with E-state index in [2.05, 4.69) is 21.0 Å². The molecule has 0 amide bonds. The van der Waals surface area contributed by atoms with E-state index in [1.807, 2.05) is 36.4 Å². The van der Waals surface area contributed by atoms with Gasteiger partial charge in [0.15, 0.2) is 11.5 Å². The van der Waals surface area contributed by atoms with Gasteiger partial charge in [-0.3, -0.25) is 9.78 Å². The van der Waals surface area contributed by atoms with E-state index >= 15 is 0 Å². The smallest absolute Gasteiger partial charge is 0.258 e. The Labute approximate surface area is 161 Å². The molecule has 4 rings (SSSR count). The van der Waals surface area contributed by atoms with Crippen LogP contribution in [0.3, 0.4) is 0 Å². The Balaban J connectivity index is 1.71. The maximum Gasteiger partial charge on any atom is 0.258 e. The Morgan fingerprint density at radius 1 is 0.964 bits per heavy atom. The zero-order chi connectivity index (χ0) is 19.5. The van der Waals surface area contributed by atoms with Crippen molar-refractivity contribution in [3.8, 4) is 22.8 Å². The number of methoxy groups -OCH3 is 2. The summed E-state index contributed by atoms with van der Waals surface area (Å²) >= 11 is 0. The van der Waals surface area contributed by atoms with Crippen LogP contribution in [-0.2, 0) is 6.42 Å². The van der Waals surface area contributed by atoms with Crippen molar-refractivity contribution < 1.29 is 9.47 Å². The van der Waals surface area contributed by atoms with Crippen molar-refractivity contribution in [2.45, 2.75) is 6.42 Å². The fraction of sp³-hybridized carbons (Fsp3) is 0.136. The highest BCUT2D eigenvalue weighted by molar-refractivity contribution is 5.81. The summed E-state index contributed by atoms with van der Waals surface area (Å²) in [6.45, 7) is 0. The van der Waals surface area contributed by atoms with Gasteiger partial charge >= 0.3 is 0 Å². The number of H-pyrrole nitrogens is 1. The van der Waals surface area contributed by atoms with Crippen molar-refractivity contribution >= 4 is 10.9 Å². The molecule has 0 saturated carbocycles. The summed E-state index contributed by atoms with van der Waals surface area (Å²) in [5, 5.41) is 0.462. The van der Waals surface area contributed by atoms with Crippen molar-refractivity contribution in [2.75, 3.05) is 14.2 Å². The standard InChI is InChI=1S/C22H19N3O3/c1-27-19-12-16-18(13-20(19)28-2)24-21(25-22(16)26)11-14-6-5-7-15(10-14)17-8-3-4-9-23-17/h3-10,12-13H,11H2,1-2H3,(H,24,25,26). The molecule has 0 radical (unpaired) electrons. The van der Waals surface area contributed by atoms with Gasteiger partial charge in [-0.25, -0.2) is 4.98 Å². The molecule has 28 heavy (non-hydrogen) atoms. The van der Waals surface area contributed by atoms with Crippen LogP contribution in [0.1, 0.15) is 11.4 Å². The molecule has 2 heterocycles. The second-order valence-electron chi connectivity index (χ2n) is 6.33. The van der Waals surface area contributed by atoms with Crippen LogP contribution in [0.5, 0.6) is 11.5 Å². The second kappa shape index (κ2) is 7.52. The molecular weight excluding hydrogens is 354 g/mol. The fourth-order valence-electron chi connectivity index (χ4n) is 3.17. The number of nitrogens with one attached hydrogen (secondary N) is 1. The molecule has 0 aliphatic rings. The van der Waals surface area contributed by atoms with Crippen molar-refractivity contribution in [1.82, 2.24) is 15.0 Å². The average molecular weight is 373 g/mol. The average Bonchev–Trinajstić information content (AvgIpc) is 2.73. The van der Waals surface area contributed by atoms with Gasteiger partial charge in [-0.15, -0.1) is 0 Å². The number of hydrogen-bond donors (Lipinski definition) is 1. The lowest BCUT2D eigenvalue weighted by Gasteiger charge is -2.10. The summed E-state index contributed by atoms with van der Waals surface area (Å²) in [5.74, 6) is 1.62. The number of aromatic amines is 1. The van der Waals surface area contributed by atoms with Gasteiger partial charge in [-0.1, -0.05) is 24.3 Å². The molecule has 0 spiro atoms. The zero-order valence-corrected chi connectivity index (χ0v) is 15.6. The van der Waals surface area contributed by atoms with E-state index in [1.165, 1.54) is 7.11 Å². The van der Waals surface area contributed by atoms with Gasteiger partial charge in [-0.2, -0.15) is 0 Å². The summed E-state index contributed by atoms with van der Waals surface area (Å²) in [6.07, 6.45) is 2.27. The first-order valence-corrected chi connectivity index (χ1v) is 8.83. The number of hydrogen-bond acceptors (Lipinski definition) is 5. The third-order valence-corrected chi connectivity index (χ3v) is 4.52. The number of fused-ring (bicyclic) bond motifs is 1. The van der Waals surface area contributed by atoms with E-state index in [-0.39, 0.29) is 5.56 Å². The Morgan fingerprint density at radius 2 is 1.79 bits per heavy atom. The lowest BCUT2D eigenvalue weighted by Crippen LogP contribution is -2.12. The SMILES string of the molecule is COc1cc2nc(Cc3cccc(-c4ccccn4)c3)[nH]c(=O)c2cc1OC. The van der Waals surface area contributed by atoms with Crippen LogP contribution in [0.4, 0.5) is 0 Å². The molecule has 1 N–H and O–H groups in total. The predicted octanol–water partition coefficient (Wildman–Crippen LogP) is 3.59. The third-order valence-electron chi connectivity index (χ3n) is 4.52. The van der Waals surface area contributed by atoms with Crippen LogP contribution in [0, 0.1) is 0 Å². The summed E-state index contributed by atoms with van der Waals surface area (Å²) in [7, 11) is 3.09. The largest absolute Gasteiger partial charge is 0.493 e. The van der Waals surface area contributed by atoms with E-state index in [4.69, 9.17) is 9.47 Å². The molecule has 0 fully saturated rings. The predicted molar refractivity (Wildman–Crippen MR) is 108 cm³/mol. The molecule has 140 valence electrons. The highest BCUT2D eigenvalue weighted by Gasteiger charge is 2.11. The van der Waals surface area contributed by atoms with Gasteiger partial charge in [0, 0.05) is 24.2 Å². The van der Waals surface area contributed by atoms with Gasteiger partial charge in [0.1, 0.15) is 5.82 Å². The van der Waals surface area contributed by atoms with Gasteiger partial charge < -0.3 is 14.5 Å². The van der Waals surface area contributed by atoms with Crippen molar-refractivity contribution in [3.63, 3.8) is 0 Å². The Bertz CT molecular complexity index is 1190. The van der Waals surface area contributed by atoms with E-state index in [0.717, 1.165) is 16.8 Å². The molecule has 0 unspecified atom stereocenters. The summed E-state index contributed by atoms with van der Waals surface area (Å²) in [4.78, 5) is 24.4. The monoisotopic (exact) mass is 373 g/mol. The first-order chi connectivity index (χ1) is 13.7. The minimum absolute atomic E-state index is 0.207. The molecule has 0 bridgehead atoms. The minimum Gasteiger partial charge on any atom is -0.493 e. The second-order valence-corrected chi connectivity index (χ2v) is 6.33. The lowest BCUT2D eigenvalue weighted by molar-refractivity contribution is 0.355. The normalized spacial score (nSPS) is 10.8. The molecule has 4 aromatic rings. The Morgan fingerprint density at radius 3 is 2.54 bits per heavy atom. The van der Waals surface area contributed by atoms with Crippen LogP contribution in [0.15, 0.2) is 65.6 Å². The topological polar surface area (TPSA) is 77.1 Å². The van der Waals surface area contributed by atoms with Crippen LogP contribution in [-0.4, -0.2) is 29.2 Å². The van der Waals surface area contributed by atoms with Crippen molar-refractivity contribution in [3.05, 3.63) is 82.5 Å².